The lowest BCUT2D eigenvalue weighted by Crippen LogP contribution is -2.38. The van der Waals surface area contributed by atoms with Gasteiger partial charge in [-0.3, -0.25) is 4.79 Å². The number of hydrogen-bond acceptors (Lipinski definition) is 3. The molecule has 2 N–H and O–H groups in total. The lowest BCUT2D eigenvalue weighted by atomic mass is 9.80. The van der Waals surface area contributed by atoms with E-state index in [4.69, 9.17) is 4.74 Å². The fraction of sp³-hybridized carbons (Fsp3) is 0.929. The summed E-state index contributed by atoms with van der Waals surface area (Å²) in [4.78, 5) is 11.5. The van der Waals surface area contributed by atoms with E-state index in [0.717, 1.165) is 18.4 Å². The highest BCUT2D eigenvalue weighted by atomic mass is 16.5. The summed E-state index contributed by atoms with van der Waals surface area (Å²) in [5, 5.41) is 6.35. The number of carbonyl (C=O) groups is 1. The molecule has 18 heavy (non-hydrogen) atoms. The molecule has 0 bridgehead atoms. The lowest BCUT2D eigenvalue weighted by Gasteiger charge is -2.32. The van der Waals surface area contributed by atoms with Crippen LogP contribution in [0.5, 0.6) is 0 Å². The summed E-state index contributed by atoms with van der Waals surface area (Å²) in [5.74, 6) is 1.72. The molecular formula is C14H28N2O2. The maximum Gasteiger partial charge on any atom is 0.221 e. The average molecular weight is 256 g/mol. The molecule has 4 nitrogen and oxygen atoms in total. The van der Waals surface area contributed by atoms with Crippen LogP contribution in [0.3, 0.4) is 0 Å². The molecule has 1 amide bonds. The maximum absolute atomic E-state index is 11.5. The van der Waals surface area contributed by atoms with Gasteiger partial charge in [-0.05, 0) is 31.1 Å². The topological polar surface area (TPSA) is 50.4 Å². The highest BCUT2D eigenvalue weighted by Gasteiger charge is 2.23. The van der Waals surface area contributed by atoms with E-state index in [-0.39, 0.29) is 5.91 Å². The van der Waals surface area contributed by atoms with Crippen LogP contribution in [0.15, 0.2) is 0 Å². The van der Waals surface area contributed by atoms with E-state index in [9.17, 15) is 4.79 Å². The third-order valence-corrected chi connectivity index (χ3v) is 3.59. The fourth-order valence-corrected chi connectivity index (χ4v) is 2.88. The molecule has 0 aromatic heterocycles. The molecule has 1 rings (SSSR count). The van der Waals surface area contributed by atoms with E-state index in [1.807, 2.05) is 0 Å². The van der Waals surface area contributed by atoms with Crippen LogP contribution in [0.25, 0.3) is 0 Å². The van der Waals surface area contributed by atoms with Crippen molar-refractivity contribution in [3.8, 4) is 0 Å². The zero-order valence-corrected chi connectivity index (χ0v) is 12.0. The Balaban J connectivity index is 2.08. The van der Waals surface area contributed by atoms with Crippen molar-refractivity contribution in [3.63, 3.8) is 0 Å². The van der Waals surface area contributed by atoms with E-state index < -0.39 is 0 Å². The molecule has 4 heteroatoms. The largest absolute Gasteiger partial charge is 0.383 e. The molecule has 0 aliphatic heterocycles. The molecule has 2 atom stereocenters. The first-order valence-electron chi connectivity index (χ1n) is 7.10. The van der Waals surface area contributed by atoms with Gasteiger partial charge in [0.2, 0.25) is 5.91 Å². The monoisotopic (exact) mass is 256 g/mol. The van der Waals surface area contributed by atoms with Crippen molar-refractivity contribution in [2.75, 3.05) is 26.8 Å². The van der Waals surface area contributed by atoms with Crippen LogP contribution >= 0.6 is 0 Å². The van der Waals surface area contributed by atoms with Crippen molar-refractivity contribution in [1.82, 2.24) is 10.6 Å². The molecule has 106 valence electrons. The Hall–Kier alpha value is -0.610. The van der Waals surface area contributed by atoms with E-state index >= 15 is 0 Å². The van der Waals surface area contributed by atoms with Gasteiger partial charge in [0, 0.05) is 32.7 Å². The summed E-state index contributed by atoms with van der Waals surface area (Å²) >= 11 is 0. The first-order valence-corrected chi connectivity index (χ1v) is 7.10. The van der Waals surface area contributed by atoms with Gasteiger partial charge in [-0.1, -0.05) is 13.8 Å². The van der Waals surface area contributed by atoms with Crippen LogP contribution in [0.2, 0.25) is 0 Å². The highest BCUT2D eigenvalue weighted by Crippen LogP contribution is 2.28. The minimum Gasteiger partial charge on any atom is -0.383 e. The Labute approximate surface area is 111 Å². The molecular weight excluding hydrogens is 228 g/mol. The maximum atomic E-state index is 11.5. The van der Waals surface area contributed by atoms with Crippen molar-refractivity contribution in [1.29, 1.82) is 0 Å². The zero-order chi connectivity index (χ0) is 13.4. The van der Waals surface area contributed by atoms with Crippen LogP contribution in [-0.4, -0.2) is 38.8 Å². The smallest absolute Gasteiger partial charge is 0.221 e. The molecule has 2 unspecified atom stereocenters. The summed E-state index contributed by atoms with van der Waals surface area (Å²) in [6.07, 6.45) is 4.39. The number of methoxy groups -OCH3 is 1. The third kappa shape index (κ3) is 6.36. The van der Waals surface area contributed by atoms with Crippen molar-refractivity contribution in [2.45, 2.75) is 45.6 Å². The Morgan fingerprint density at radius 1 is 1.17 bits per heavy atom. The van der Waals surface area contributed by atoms with Gasteiger partial charge in [0.05, 0.1) is 6.61 Å². The highest BCUT2D eigenvalue weighted by molar-refractivity contribution is 5.76. The zero-order valence-electron chi connectivity index (χ0n) is 12.0. The normalized spacial score (nSPS) is 28.1. The second kappa shape index (κ2) is 8.48. The van der Waals surface area contributed by atoms with E-state index in [1.165, 1.54) is 19.3 Å². The second-order valence-corrected chi connectivity index (χ2v) is 5.66. The van der Waals surface area contributed by atoms with Gasteiger partial charge in [0.1, 0.15) is 0 Å². The minimum atomic E-state index is 0.108. The summed E-state index contributed by atoms with van der Waals surface area (Å²) in [7, 11) is 1.64. The van der Waals surface area contributed by atoms with Crippen LogP contribution in [0, 0.1) is 11.8 Å². The molecule has 0 spiro atoms. The molecule has 0 saturated heterocycles. The number of hydrogen-bond donors (Lipinski definition) is 2. The van der Waals surface area contributed by atoms with E-state index in [2.05, 4.69) is 24.5 Å². The van der Waals surface area contributed by atoms with Gasteiger partial charge in [-0.2, -0.15) is 0 Å². The molecule has 1 aliphatic carbocycles. The predicted molar refractivity (Wildman–Crippen MR) is 73.5 cm³/mol. The standard InChI is InChI=1S/C14H28N2O2/c1-11-8-12(2)10-13(9-11)15-5-4-14(17)16-6-7-18-3/h11-13,15H,4-10H2,1-3H3,(H,16,17). The van der Waals surface area contributed by atoms with Crippen LogP contribution < -0.4 is 10.6 Å². The van der Waals surface area contributed by atoms with Crippen molar-refractivity contribution in [3.05, 3.63) is 0 Å². The van der Waals surface area contributed by atoms with Crippen LogP contribution in [0.4, 0.5) is 0 Å². The van der Waals surface area contributed by atoms with Crippen molar-refractivity contribution >= 4 is 5.91 Å². The lowest BCUT2D eigenvalue weighted by molar-refractivity contribution is -0.121. The Kier molecular flexibility index (Phi) is 7.28. The number of rotatable bonds is 7. The molecule has 1 aliphatic rings. The SMILES string of the molecule is COCCNC(=O)CCNC1CC(C)CC(C)C1. The van der Waals surface area contributed by atoms with Crippen molar-refractivity contribution in [2.24, 2.45) is 11.8 Å². The number of amides is 1. The quantitative estimate of drug-likeness (QED) is 0.680. The molecule has 1 saturated carbocycles. The van der Waals surface area contributed by atoms with Gasteiger partial charge in [0.25, 0.3) is 0 Å². The molecule has 0 aromatic rings. The Morgan fingerprint density at radius 3 is 2.44 bits per heavy atom. The molecule has 0 radical (unpaired) electrons. The predicted octanol–water partition coefficient (Wildman–Crippen LogP) is 1.55. The summed E-state index contributed by atoms with van der Waals surface area (Å²) in [6, 6.07) is 0.593. The van der Waals surface area contributed by atoms with Crippen LogP contribution in [-0.2, 0) is 9.53 Å². The minimum absolute atomic E-state index is 0.108. The van der Waals surface area contributed by atoms with Gasteiger partial charge >= 0.3 is 0 Å². The second-order valence-electron chi connectivity index (χ2n) is 5.66. The first kappa shape index (κ1) is 15.4. The van der Waals surface area contributed by atoms with Gasteiger partial charge in [-0.25, -0.2) is 0 Å². The third-order valence-electron chi connectivity index (χ3n) is 3.59. The fourth-order valence-electron chi connectivity index (χ4n) is 2.88. The first-order chi connectivity index (χ1) is 8.61. The Bertz CT molecular complexity index is 236. The summed E-state index contributed by atoms with van der Waals surface area (Å²) < 4.78 is 4.89. The molecule has 0 aromatic carbocycles. The van der Waals surface area contributed by atoms with E-state index in [0.29, 0.717) is 25.6 Å². The summed E-state index contributed by atoms with van der Waals surface area (Å²) in [5.41, 5.74) is 0. The van der Waals surface area contributed by atoms with Gasteiger partial charge in [0.15, 0.2) is 0 Å². The average Bonchev–Trinajstić information content (AvgIpc) is 2.28. The van der Waals surface area contributed by atoms with Gasteiger partial charge in [-0.15, -0.1) is 0 Å². The number of nitrogens with one attached hydrogen (secondary N) is 2. The Morgan fingerprint density at radius 2 is 1.83 bits per heavy atom. The van der Waals surface area contributed by atoms with Crippen molar-refractivity contribution < 1.29 is 9.53 Å². The van der Waals surface area contributed by atoms with Crippen LogP contribution in [0.1, 0.15) is 39.5 Å². The number of carbonyl (C=O) groups excluding carboxylic acids is 1. The van der Waals surface area contributed by atoms with Gasteiger partial charge < -0.3 is 15.4 Å². The van der Waals surface area contributed by atoms with E-state index in [1.54, 1.807) is 7.11 Å². The molecule has 0 heterocycles. The molecule has 1 fully saturated rings. The number of ether oxygens (including phenoxy) is 1. The summed E-state index contributed by atoms with van der Waals surface area (Å²) in [6.45, 7) is 6.61.